The van der Waals surface area contributed by atoms with Gasteiger partial charge >= 0.3 is 0 Å². The topological polar surface area (TPSA) is 68.5 Å². The third-order valence-corrected chi connectivity index (χ3v) is 3.17. The fourth-order valence-electron chi connectivity index (χ4n) is 1.57. The summed E-state index contributed by atoms with van der Waals surface area (Å²) in [5.41, 5.74) is 6.55. The molecule has 0 fully saturated rings. The summed E-state index contributed by atoms with van der Waals surface area (Å²) in [5, 5.41) is 2.02. The van der Waals surface area contributed by atoms with Crippen LogP contribution in [0.25, 0.3) is 0 Å². The van der Waals surface area contributed by atoms with Gasteiger partial charge in [-0.2, -0.15) is 0 Å². The van der Waals surface area contributed by atoms with Crippen LogP contribution in [0.3, 0.4) is 0 Å². The predicted octanol–water partition coefficient (Wildman–Crippen LogP) is 2.01. The maximum absolute atomic E-state index is 12.2. The van der Waals surface area contributed by atoms with Crippen LogP contribution in [0, 0.1) is 0 Å². The number of thiazole rings is 1. The van der Waals surface area contributed by atoms with Gasteiger partial charge in [0, 0.05) is 12.4 Å². The van der Waals surface area contributed by atoms with Gasteiger partial charge in [-0.1, -0.05) is 12.1 Å². The molecular weight excluding hydrogens is 250 g/mol. The number of nitrogens with two attached hydrogens (primary N) is 1. The monoisotopic (exact) mass is 263 g/mol. The van der Waals surface area contributed by atoms with E-state index in [1.54, 1.807) is 25.6 Å². The second-order valence-electron chi connectivity index (χ2n) is 3.61. The van der Waals surface area contributed by atoms with Crippen molar-refractivity contribution in [2.45, 2.75) is 0 Å². The Balaban J connectivity index is 2.31. The number of benzene rings is 1. The number of carbonyl (C=O) groups excluding carboxylic acids is 1. The lowest BCUT2D eigenvalue weighted by Crippen LogP contribution is -2.26. The molecule has 1 aromatic carbocycles. The highest BCUT2D eigenvalue weighted by molar-refractivity contribution is 7.13. The number of nitrogen functional groups attached to an aromatic ring is 1. The van der Waals surface area contributed by atoms with E-state index in [4.69, 9.17) is 10.5 Å². The zero-order valence-corrected chi connectivity index (χ0v) is 10.9. The Morgan fingerprint density at radius 1 is 1.44 bits per heavy atom. The van der Waals surface area contributed by atoms with E-state index in [1.807, 2.05) is 18.2 Å². The van der Waals surface area contributed by atoms with Crippen LogP contribution in [0.4, 0.5) is 10.8 Å². The number of hydrogen-bond acceptors (Lipinski definition) is 5. The van der Waals surface area contributed by atoms with E-state index in [2.05, 4.69) is 4.98 Å². The maximum Gasteiger partial charge on any atom is 0.277 e. The van der Waals surface area contributed by atoms with Crippen molar-refractivity contribution in [2.75, 3.05) is 24.8 Å². The number of anilines is 2. The minimum atomic E-state index is -0.215. The molecule has 0 spiro atoms. The summed E-state index contributed by atoms with van der Waals surface area (Å²) in [6.07, 6.45) is 0. The van der Waals surface area contributed by atoms with Crippen LogP contribution in [-0.2, 0) is 0 Å². The molecule has 18 heavy (non-hydrogen) atoms. The third kappa shape index (κ3) is 2.28. The number of ether oxygens (including phenoxy) is 1. The first-order valence-electron chi connectivity index (χ1n) is 5.25. The minimum Gasteiger partial charge on any atom is -0.495 e. The summed E-state index contributed by atoms with van der Waals surface area (Å²) in [4.78, 5) is 17.7. The van der Waals surface area contributed by atoms with Gasteiger partial charge in [-0.15, -0.1) is 11.3 Å². The lowest BCUT2D eigenvalue weighted by Gasteiger charge is -2.18. The standard InChI is InChI=1S/C12H13N3O2S/c1-15(9-5-3-4-6-10(9)17-2)11(16)8-7-18-12(13)14-8/h3-7H,1-2H3,(H2,13,14). The molecule has 0 aliphatic carbocycles. The molecular formula is C12H13N3O2S. The molecule has 5 nitrogen and oxygen atoms in total. The fourth-order valence-corrected chi connectivity index (χ4v) is 2.11. The molecule has 1 aromatic heterocycles. The zero-order valence-electron chi connectivity index (χ0n) is 10.1. The van der Waals surface area contributed by atoms with Crippen LogP contribution in [0.1, 0.15) is 10.5 Å². The van der Waals surface area contributed by atoms with Gasteiger partial charge in [0.05, 0.1) is 12.8 Å². The van der Waals surface area contributed by atoms with Crippen LogP contribution in [0.2, 0.25) is 0 Å². The van der Waals surface area contributed by atoms with Crippen molar-refractivity contribution < 1.29 is 9.53 Å². The van der Waals surface area contributed by atoms with E-state index in [9.17, 15) is 4.79 Å². The van der Waals surface area contributed by atoms with Gasteiger partial charge in [-0.05, 0) is 12.1 Å². The molecule has 0 atom stereocenters. The van der Waals surface area contributed by atoms with Crippen molar-refractivity contribution in [3.63, 3.8) is 0 Å². The molecule has 0 radical (unpaired) electrons. The van der Waals surface area contributed by atoms with Crippen LogP contribution in [-0.4, -0.2) is 25.0 Å². The molecule has 0 saturated carbocycles. The maximum atomic E-state index is 12.2. The molecule has 0 bridgehead atoms. The number of carbonyl (C=O) groups is 1. The second kappa shape index (κ2) is 5.05. The molecule has 2 aromatic rings. The van der Waals surface area contributed by atoms with Gasteiger partial charge < -0.3 is 15.4 Å². The Bertz CT molecular complexity index is 568. The fraction of sp³-hybridized carbons (Fsp3) is 0.167. The molecule has 2 N–H and O–H groups in total. The van der Waals surface area contributed by atoms with Gasteiger partial charge in [0.2, 0.25) is 0 Å². The third-order valence-electron chi connectivity index (χ3n) is 2.49. The first-order valence-corrected chi connectivity index (χ1v) is 6.13. The van der Waals surface area contributed by atoms with E-state index in [1.165, 1.54) is 16.2 Å². The molecule has 94 valence electrons. The van der Waals surface area contributed by atoms with Gasteiger partial charge in [0.1, 0.15) is 11.4 Å². The number of amides is 1. The first kappa shape index (κ1) is 12.4. The van der Waals surface area contributed by atoms with Crippen molar-refractivity contribution in [2.24, 2.45) is 0 Å². The molecule has 0 aliphatic rings. The quantitative estimate of drug-likeness (QED) is 0.919. The first-order chi connectivity index (χ1) is 8.63. The van der Waals surface area contributed by atoms with Crippen molar-refractivity contribution in [1.82, 2.24) is 4.98 Å². The van der Waals surface area contributed by atoms with Gasteiger partial charge in [0.15, 0.2) is 5.13 Å². The van der Waals surface area contributed by atoms with Gasteiger partial charge in [0.25, 0.3) is 5.91 Å². The highest BCUT2D eigenvalue weighted by Crippen LogP contribution is 2.27. The summed E-state index contributed by atoms with van der Waals surface area (Å²) in [5.74, 6) is 0.420. The number of para-hydroxylation sites is 2. The van der Waals surface area contributed by atoms with Crippen molar-refractivity contribution >= 4 is 28.1 Å². The number of nitrogens with zero attached hydrogens (tertiary/aromatic N) is 2. The highest BCUT2D eigenvalue weighted by atomic mass is 32.1. The smallest absolute Gasteiger partial charge is 0.277 e. The normalized spacial score (nSPS) is 10.1. The second-order valence-corrected chi connectivity index (χ2v) is 4.50. The highest BCUT2D eigenvalue weighted by Gasteiger charge is 2.18. The van der Waals surface area contributed by atoms with Crippen LogP contribution in [0.5, 0.6) is 5.75 Å². The molecule has 1 amide bonds. The Morgan fingerprint density at radius 3 is 2.78 bits per heavy atom. The largest absolute Gasteiger partial charge is 0.495 e. The lowest BCUT2D eigenvalue weighted by molar-refractivity contribution is 0.0988. The summed E-state index contributed by atoms with van der Waals surface area (Å²) in [7, 11) is 3.24. The predicted molar refractivity (Wildman–Crippen MR) is 72.3 cm³/mol. The van der Waals surface area contributed by atoms with Crippen LogP contribution in [0.15, 0.2) is 29.6 Å². The summed E-state index contributed by atoms with van der Waals surface area (Å²) >= 11 is 1.24. The lowest BCUT2D eigenvalue weighted by atomic mass is 10.2. The molecule has 0 aliphatic heterocycles. The van der Waals surface area contributed by atoms with Crippen molar-refractivity contribution in [3.8, 4) is 5.75 Å². The Labute approximate surface area is 109 Å². The van der Waals surface area contributed by atoms with Crippen molar-refractivity contribution in [3.05, 3.63) is 35.3 Å². The van der Waals surface area contributed by atoms with Crippen molar-refractivity contribution in [1.29, 1.82) is 0 Å². The molecule has 0 saturated heterocycles. The Hall–Kier alpha value is -2.08. The molecule has 1 heterocycles. The average Bonchev–Trinajstić information content (AvgIpc) is 2.83. The van der Waals surface area contributed by atoms with Gasteiger partial charge in [-0.25, -0.2) is 4.98 Å². The SMILES string of the molecule is COc1ccccc1N(C)C(=O)c1csc(N)n1. The van der Waals surface area contributed by atoms with E-state index >= 15 is 0 Å². The molecule has 2 rings (SSSR count). The number of methoxy groups -OCH3 is 1. The average molecular weight is 263 g/mol. The Kier molecular flexibility index (Phi) is 3.47. The summed E-state index contributed by atoms with van der Waals surface area (Å²) in [6, 6.07) is 7.31. The van der Waals surface area contributed by atoms with E-state index in [-0.39, 0.29) is 5.91 Å². The Morgan fingerprint density at radius 2 is 2.17 bits per heavy atom. The van der Waals surface area contributed by atoms with Gasteiger partial charge in [-0.3, -0.25) is 4.79 Å². The molecule has 0 unspecified atom stereocenters. The minimum absolute atomic E-state index is 0.215. The summed E-state index contributed by atoms with van der Waals surface area (Å²) < 4.78 is 5.22. The van der Waals surface area contributed by atoms with Crippen LogP contribution < -0.4 is 15.4 Å². The number of hydrogen-bond donors (Lipinski definition) is 1. The number of rotatable bonds is 3. The summed E-state index contributed by atoms with van der Waals surface area (Å²) in [6.45, 7) is 0. The van der Waals surface area contributed by atoms with Crippen LogP contribution >= 0.6 is 11.3 Å². The van der Waals surface area contributed by atoms with E-state index in [0.29, 0.717) is 22.3 Å². The zero-order chi connectivity index (χ0) is 13.1. The molecule has 6 heteroatoms. The van der Waals surface area contributed by atoms with E-state index in [0.717, 1.165) is 0 Å². The number of aromatic nitrogens is 1. The van der Waals surface area contributed by atoms with E-state index < -0.39 is 0 Å².